The summed E-state index contributed by atoms with van der Waals surface area (Å²) in [5.41, 5.74) is 0.980. The maximum absolute atomic E-state index is 10.9. The van der Waals surface area contributed by atoms with E-state index in [1.807, 2.05) is 6.92 Å². The molecule has 0 N–H and O–H groups in total. The third kappa shape index (κ3) is 2.91. The van der Waals surface area contributed by atoms with Crippen molar-refractivity contribution in [3.63, 3.8) is 0 Å². The summed E-state index contributed by atoms with van der Waals surface area (Å²) in [6.45, 7) is 6.16. The van der Waals surface area contributed by atoms with E-state index in [9.17, 15) is 4.79 Å². The van der Waals surface area contributed by atoms with Crippen LogP contribution in [0.15, 0.2) is 24.0 Å². The highest BCUT2D eigenvalue weighted by Crippen LogP contribution is 2.16. The molecule has 0 amide bonds. The fraction of sp³-hybridized carbons (Fsp3) is 0.500. The molecule has 0 aliphatic heterocycles. The molecular weight excluding hydrogens is 152 g/mol. The second-order valence-electron chi connectivity index (χ2n) is 3.18. The van der Waals surface area contributed by atoms with Gasteiger partial charge in [-0.25, -0.2) is 0 Å². The van der Waals surface area contributed by atoms with Crippen LogP contribution in [0.2, 0.25) is 0 Å². The first kappa shape index (κ1) is 9.04. The van der Waals surface area contributed by atoms with Crippen molar-refractivity contribution >= 4 is 5.78 Å². The van der Waals surface area contributed by atoms with Gasteiger partial charge in [0.2, 0.25) is 0 Å². The number of hydrogen-bond acceptors (Lipinski definition) is 2. The Morgan fingerprint density at radius 1 is 1.67 bits per heavy atom. The van der Waals surface area contributed by atoms with Crippen LogP contribution in [0.4, 0.5) is 0 Å². The number of ketones is 1. The van der Waals surface area contributed by atoms with Gasteiger partial charge in [0.05, 0.1) is 5.76 Å². The van der Waals surface area contributed by atoms with Crippen molar-refractivity contribution in [2.75, 3.05) is 6.61 Å². The molecule has 0 aromatic carbocycles. The Morgan fingerprint density at radius 3 is 3.00 bits per heavy atom. The highest BCUT2D eigenvalue weighted by atomic mass is 16.5. The van der Waals surface area contributed by atoms with Gasteiger partial charge in [0.15, 0.2) is 5.78 Å². The molecule has 12 heavy (non-hydrogen) atoms. The van der Waals surface area contributed by atoms with Crippen molar-refractivity contribution < 1.29 is 9.53 Å². The van der Waals surface area contributed by atoms with Crippen LogP contribution in [0.25, 0.3) is 0 Å². The monoisotopic (exact) mass is 166 g/mol. The number of carbonyl (C=O) groups is 1. The Morgan fingerprint density at radius 2 is 2.42 bits per heavy atom. The molecule has 0 spiro atoms. The van der Waals surface area contributed by atoms with Gasteiger partial charge in [0, 0.05) is 18.9 Å². The number of hydrogen-bond donors (Lipinski definition) is 0. The summed E-state index contributed by atoms with van der Waals surface area (Å²) in [4.78, 5) is 10.9. The smallest absolute Gasteiger partial charge is 0.159 e. The van der Waals surface area contributed by atoms with E-state index in [1.54, 1.807) is 6.08 Å². The maximum Gasteiger partial charge on any atom is 0.159 e. The summed E-state index contributed by atoms with van der Waals surface area (Å²) in [7, 11) is 0. The van der Waals surface area contributed by atoms with E-state index in [-0.39, 0.29) is 5.78 Å². The Bertz CT molecular complexity index is 226. The van der Waals surface area contributed by atoms with Crippen molar-refractivity contribution in [1.29, 1.82) is 0 Å². The summed E-state index contributed by atoms with van der Waals surface area (Å²) >= 11 is 0. The molecular formula is C10H14O2. The molecule has 0 atom stereocenters. The summed E-state index contributed by atoms with van der Waals surface area (Å²) in [5.74, 6) is 0.993. The second-order valence-corrected chi connectivity index (χ2v) is 3.18. The second kappa shape index (κ2) is 4.10. The minimum absolute atomic E-state index is 0.179. The average Bonchev–Trinajstić information content (AvgIpc) is 2.01. The lowest BCUT2D eigenvalue weighted by molar-refractivity contribution is -0.115. The van der Waals surface area contributed by atoms with E-state index in [1.165, 1.54) is 0 Å². The number of allylic oxidation sites excluding steroid dienone is 2. The van der Waals surface area contributed by atoms with Crippen LogP contribution < -0.4 is 0 Å². The topological polar surface area (TPSA) is 26.3 Å². The summed E-state index contributed by atoms with van der Waals surface area (Å²) in [6, 6.07) is 0. The Labute approximate surface area is 72.9 Å². The van der Waals surface area contributed by atoms with Crippen LogP contribution >= 0.6 is 0 Å². The number of rotatable bonds is 3. The zero-order chi connectivity index (χ0) is 8.97. The summed E-state index contributed by atoms with van der Waals surface area (Å²) in [6.07, 6.45) is 4.08. The Balaban J connectivity index is 2.40. The zero-order valence-electron chi connectivity index (χ0n) is 7.43. The van der Waals surface area contributed by atoms with Crippen LogP contribution in [0.5, 0.6) is 0 Å². The molecule has 0 bridgehead atoms. The van der Waals surface area contributed by atoms with E-state index < -0.39 is 0 Å². The van der Waals surface area contributed by atoms with Gasteiger partial charge in [0.25, 0.3) is 0 Å². The van der Waals surface area contributed by atoms with Crippen molar-refractivity contribution in [2.24, 2.45) is 0 Å². The molecule has 1 aliphatic rings. The third-order valence-electron chi connectivity index (χ3n) is 1.67. The molecule has 1 rings (SSSR count). The molecule has 2 heteroatoms. The van der Waals surface area contributed by atoms with Gasteiger partial charge in [-0.05, 0) is 18.9 Å². The molecule has 0 aromatic rings. The minimum atomic E-state index is 0.179. The van der Waals surface area contributed by atoms with E-state index in [2.05, 4.69) is 6.58 Å². The molecule has 0 saturated heterocycles. The maximum atomic E-state index is 10.9. The van der Waals surface area contributed by atoms with Gasteiger partial charge in [-0.1, -0.05) is 6.58 Å². The number of ether oxygens (including phenoxy) is 1. The number of carbonyl (C=O) groups excluding carboxylic acids is 1. The first-order valence-electron chi connectivity index (χ1n) is 4.19. The van der Waals surface area contributed by atoms with Gasteiger partial charge in [-0.2, -0.15) is 0 Å². The van der Waals surface area contributed by atoms with Crippen molar-refractivity contribution in [1.82, 2.24) is 0 Å². The van der Waals surface area contributed by atoms with Gasteiger partial charge >= 0.3 is 0 Å². The molecule has 0 heterocycles. The zero-order valence-corrected chi connectivity index (χ0v) is 7.43. The standard InChI is InChI=1S/C10H14O2/c1-8(2)7-12-10-5-3-4-9(11)6-10/h6H,1,3-5,7H2,2H3. The molecule has 0 radical (unpaired) electrons. The Kier molecular flexibility index (Phi) is 3.09. The van der Waals surface area contributed by atoms with Gasteiger partial charge in [-0.15, -0.1) is 0 Å². The van der Waals surface area contributed by atoms with Gasteiger partial charge in [0.1, 0.15) is 6.61 Å². The minimum Gasteiger partial charge on any atom is -0.493 e. The normalized spacial score (nSPS) is 17.1. The third-order valence-corrected chi connectivity index (χ3v) is 1.67. The molecule has 1 aliphatic carbocycles. The molecule has 66 valence electrons. The van der Waals surface area contributed by atoms with Crippen LogP contribution in [0.1, 0.15) is 26.2 Å². The van der Waals surface area contributed by atoms with E-state index >= 15 is 0 Å². The highest BCUT2D eigenvalue weighted by molar-refractivity contribution is 5.90. The summed E-state index contributed by atoms with van der Waals surface area (Å²) in [5, 5.41) is 0. The molecule has 0 saturated carbocycles. The van der Waals surface area contributed by atoms with Crippen molar-refractivity contribution in [3.05, 3.63) is 24.0 Å². The van der Waals surface area contributed by atoms with Gasteiger partial charge < -0.3 is 4.74 Å². The lowest BCUT2D eigenvalue weighted by Gasteiger charge is -2.13. The van der Waals surface area contributed by atoms with Crippen LogP contribution in [-0.2, 0) is 9.53 Å². The van der Waals surface area contributed by atoms with E-state index in [4.69, 9.17) is 4.74 Å². The van der Waals surface area contributed by atoms with E-state index in [0.717, 1.165) is 24.2 Å². The quantitative estimate of drug-likeness (QED) is 0.601. The lowest BCUT2D eigenvalue weighted by atomic mass is 10.1. The van der Waals surface area contributed by atoms with Crippen LogP contribution in [0.3, 0.4) is 0 Å². The van der Waals surface area contributed by atoms with Gasteiger partial charge in [-0.3, -0.25) is 4.79 Å². The molecule has 0 unspecified atom stereocenters. The highest BCUT2D eigenvalue weighted by Gasteiger charge is 2.10. The largest absolute Gasteiger partial charge is 0.493 e. The van der Waals surface area contributed by atoms with Crippen LogP contribution in [0, 0.1) is 0 Å². The predicted molar refractivity (Wildman–Crippen MR) is 47.7 cm³/mol. The molecule has 0 aromatic heterocycles. The first-order chi connectivity index (χ1) is 5.68. The fourth-order valence-electron chi connectivity index (χ4n) is 1.09. The van der Waals surface area contributed by atoms with E-state index in [0.29, 0.717) is 13.0 Å². The predicted octanol–water partition coefficient (Wildman–Crippen LogP) is 2.22. The molecule has 2 nitrogen and oxygen atoms in total. The van der Waals surface area contributed by atoms with Crippen molar-refractivity contribution in [3.8, 4) is 0 Å². The SMILES string of the molecule is C=C(C)COC1=CC(=O)CCC1. The first-order valence-corrected chi connectivity index (χ1v) is 4.19. The average molecular weight is 166 g/mol. The fourth-order valence-corrected chi connectivity index (χ4v) is 1.09. The summed E-state index contributed by atoms with van der Waals surface area (Å²) < 4.78 is 5.36. The lowest BCUT2D eigenvalue weighted by Crippen LogP contribution is -2.06. The Hall–Kier alpha value is -1.05. The van der Waals surface area contributed by atoms with Crippen molar-refractivity contribution in [2.45, 2.75) is 26.2 Å². The molecule has 0 fully saturated rings. The van der Waals surface area contributed by atoms with Crippen LogP contribution in [-0.4, -0.2) is 12.4 Å².